The van der Waals surface area contributed by atoms with E-state index in [4.69, 9.17) is 37.4 Å². The second kappa shape index (κ2) is 12.4. The molecule has 2 fully saturated rings. The van der Waals surface area contributed by atoms with Crippen LogP contribution in [0.25, 0.3) is 33.2 Å². The Morgan fingerprint density at radius 3 is 2.45 bits per heavy atom. The van der Waals surface area contributed by atoms with Crippen LogP contribution in [0.15, 0.2) is 66.9 Å². The lowest BCUT2D eigenvalue weighted by molar-refractivity contribution is 0.0515. The summed E-state index contributed by atoms with van der Waals surface area (Å²) in [5.74, 6) is -1.11. The summed E-state index contributed by atoms with van der Waals surface area (Å²) in [6.07, 6.45) is 3.63. The Hall–Kier alpha value is -4.64. The number of hydrogen-bond donors (Lipinski definition) is 0. The molecule has 250 valence electrons. The predicted molar refractivity (Wildman–Crippen MR) is 185 cm³/mol. The van der Waals surface area contributed by atoms with Crippen LogP contribution in [0.3, 0.4) is 0 Å². The van der Waals surface area contributed by atoms with Crippen molar-refractivity contribution < 1.29 is 28.2 Å². The van der Waals surface area contributed by atoms with E-state index >= 15 is 4.39 Å². The van der Waals surface area contributed by atoms with Gasteiger partial charge in [-0.15, -0.1) is 0 Å². The molecule has 12 heteroatoms. The zero-order valence-corrected chi connectivity index (χ0v) is 28.2. The fraction of sp³-hybridized carbons (Fsp3) is 0.270. The molecule has 1 amide bonds. The predicted octanol–water partition coefficient (Wildman–Crippen LogP) is 7.50. The van der Waals surface area contributed by atoms with Crippen molar-refractivity contribution in [3.63, 3.8) is 0 Å². The number of nitrogens with zero attached hydrogens (tertiary/aromatic N) is 4. The molecule has 9 nitrogen and oxygen atoms in total. The first kappa shape index (κ1) is 31.6. The highest BCUT2D eigenvalue weighted by Gasteiger charge is 2.40. The number of carbonyl (C=O) groups excluding carboxylic acids is 2. The van der Waals surface area contributed by atoms with Gasteiger partial charge in [0, 0.05) is 29.1 Å². The van der Waals surface area contributed by atoms with Crippen LogP contribution in [0.1, 0.15) is 39.1 Å². The number of carbonyl (C=O) groups is 2. The van der Waals surface area contributed by atoms with Gasteiger partial charge < -0.3 is 24.0 Å². The lowest BCUT2D eigenvalue weighted by Crippen LogP contribution is -2.46. The molecule has 5 aromatic rings. The molecule has 0 saturated carbocycles. The number of rotatable bonds is 5. The number of aryl methyl sites for hydroxylation is 1. The average molecular weight is 702 g/mol. The third kappa shape index (κ3) is 5.39. The minimum atomic E-state index is -0.605. The molecule has 4 heterocycles. The molecule has 0 radical (unpaired) electrons. The summed E-state index contributed by atoms with van der Waals surface area (Å²) in [5.41, 5.74) is 5.10. The fourth-order valence-electron chi connectivity index (χ4n) is 7.34. The summed E-state index contributed by atoms with van der Waals surface area (Å²) in [4.78, 5) is 30.3. The molecule has 1 aromatic heterocycles. The van der Waals surface area contributed by atoms with Gasteiger partial charge in [-0.2, -0.15) is 5.10 Å². The summed E-state index contributed by atoms with van der Waals surface area (Å²) in [6, 6.07) is 17.9. The zero-order chi connectivity index (χ0) is 34.0. The maximum atomic E-state index is 15.9. The molecule has 2 bridgehead atoms. The Morgan fingerprint density at radius 1 is 0.959 bits per heavy atom. The zero-order valence-electron chi connectivity index (χ0n) is 26.7. The lowest BCUT2D eigenvalue weighted by atomic mass is 9.96. The second-order valence-electron chi connectivity index (χ2n) is 12.6. The van der Waals surface area contributed by atoms with Gasteiger partial charge in [-0.1, -0.05) is 47.5 Å². The fourth-order valence-corrected chi connectivity index (χ4v) is 7.99. The summed E-state index contributed by atoms with van der Waals surface area (Å²) in [5, 5.41) is 5.71. The van der Waals surface area contributed by atoms with Crippen molar-refractivity contribution in [3.8, 4) is 28.0 Å². The van der Waals surface area contributed by atoms with Gasteiger partial charge in [0.1, 0.15) is 11.6 Å². The van der Waals surface area contributed by atoms with Gasteiger partial charge in [0.15, 0.2) is 6.73 Å². The second-order valence-corrected chi connectivity index (χ2v) is 13.4. The van der Waals surface area contributed by atoms with E-state index in [-0.39, 0.29) is 58.0 Å². The normalized spacial score (nSPS) is 18.4. The van der Waals surface area contributed by atoms with Gasteiger partial charge in [-0.05, 0) is 60.4 Å². The Labute approximate surface area is 291 Å². The van der Waals surface area contributed by atoms with Crippen molar-refractivity contribution >= 4 is 51.7 Å². The third-order valence-electron chi connectivity index (χ3n) is 9.74. The van der Waals surface area contributed by atoms with E-state index in [0.717, 1.165) is 34.9 Å². The van der Waals surface area contributed by atoms with Gasteiger partial charge in [0.2, 0.25) is 0 Å². The molecule has 2 saturated heterocycles. The van der Waals surface area contributed by atoms with Gasteiger partial charge in [-0.25, -0.2) is 9.18 Å². The molecule has 2 unspecified atom stereocenters. The molecular formula is C37H31Cl2FN4O5. The Balaban J connectivity index is 1.10. The number of esters is 1. The van der Waals surface area contributed by atoms with Crippen LogP contribution in [0.4, 0.5) is 10.1 Å². The number of hydrogen-bond acceptors (Lipinski definition) is 7. The first-order chi connectivity index (χ1) is 23.7. The molecule has 3 aliphatic rings. The first-order valence-electron chi connectivity index (χ1n) is 15.9. The maximum absolute atomic E-state index is 15.9. The van der Waals surface area contributed by atoms with E-state index in [1.807, 2.05) is 31.3 Å². The molecule has 2 atom stereocenters. The van der Waals surface area contributed by atoms with E-state index in [2.05, 4.69) is 10.00 Å². The van der Waals surface area contributed by atoms with Crippen LogP contribution >= 0.6 is 23.2 Å². The van der Waals surface area contributed by atoms with E-state index in [1.165, 1.54) is 18.1 Å². The van der Waals surface area contributed by atoms with E-state index < -0.39 is 11.8 Å². The molecule has 3 aliphatic heterocycles. The van der Waals surface area contributed by atoms with Crippen LogP contribution in [-0.4, -0.2) is 65.7 Å². The number of amides is 1. The minimum Gasteiger partial charge on any atom is -0.472 e. The number of benzene rings is 4. The van der Waals surface area contributed by atoms with Crippen molar-refractivity contribution in [2.24, 2.45) is 7.05 Å². The van der Waals surface area contributed by atoms with Crippen LogP contribution in [-0.2, 0) is 23.1 Å². The summed E-state index contributed by atoms with van der Waals surface area (Å²) >= 11 is 13.4. The van der Waals surface area contributed by atoms with Crippen molar-refractivity contribution in [3.05, 3.63) is 99.4 Å². The van der Waals surface area contributed by atoms with Crippen LogP contribution in [0, 0.1) is 5.82 Å². The standard InChI is InChI=1S/C37H31Cl2FN4O5/c1-42-32-9-6-20(10-23(32)15-41-42)22-11-29(38)34(30(39)12-22)36(45)43-16-21-4-3-5-26(35(21)49-19-43)27-14-33(28(13-31(27)40)37(46)47-2)44-24-7-8-25(44)18-48-17-24/h3-6,9-15,24-25H,7-8,16-19H2,1-2H3. The highest BCUT2D eigenvalue weighted by molar-refractivity contribution is 6.40. The molecule has 0 aliphatic carbocycles. The Bertz CT molecular complexity index is 2130. The Morgan fingerprint density at radius 2 is 1.71 bits per heavy atom. The molecular weight excluding hydrogens is 670 g/mol. The van der Waals surface area contributed by atoms with Gasteiger partial charge >= 0.3 is 5.97 Å². The van der Waals surface area contributed by atoms with E-state index in [1.54, 1.807) is 41.2 Å². The van der Waals surface area contributed by atoms with Crippen LogP contribution < -0.4 is 9.64 Å². The highest BCUT2D eigenvalue weighted by atomic mass is 35.5. The number of ether oxygens (including phenoxy) is 3. The molecule has 49 heavy (non-hydrogen) atoms. The number of anilines is 1. The van der Waals surface area contributed by atoms with E-state index in [0.29, 0.717) is 35.8 Å². The Kier molecular flexibility index (Phi) is 7.97. The van der Waals surface area contributed by atoms with Crippen molar-refractivity contribution in [1.82, 2.24) is 14.7 Å². The third-order valence-corrected chi connectivity index (χ3v) is 10.3. The van der Waals surface area contributed by atoms with Gasteiger partial charge in [0.05, 0.1) is 77.5 Å². The number of aromatic nitrogens is 2. The molecule has 4 aromatic carbocycles. The number of fused-ring (bicyclic) bond motifs is 4. The summed E-state index contributed by atoms with van der Waals surface area (Å²) in [7, 11) is 3.17. The van der Waals surface area contributed by atoms with E-state index in [9.17, 15) is 9.59 Å². The molecule has 0 spiro atoms. The van der Waals surface area contributed by atoms with Crippen LogP contribution in [0.2, 0.25) is 10.0 Å². The largest absolute Gasteiger partial charge is 0.472 e. The van der Waals surface area contributed by atoms with Gasteiger partial charge in [0.25, 0.3) is 5.91 Å². The molecule has 8 rings (SSSR count). The number of methoxy groups -OCH3 is 1. The summed E-state index contributed by atoms with van der Waals surface area (Å²) < 4.78 is 34.7. The van der Waals surface area contributed by atoms with Crippen molar-refractivity contribution in [2.75, 3.05) is 32.0 Å². The average Bonchev–Trinajstić information content (AvgIpc) is 3.60. The van der Waals surface area contributed by atoms with Crippen molar-refractivity contribution in [1.29, 1.82) is 0 Å². The lowest BCUT2D eigenvalue weighted by Gasteiger charge is -2.37. The SMILES string of the molecule is COC(=O)c1cc(F)c(-c2cccc3c2OCN(C(=O)c2c(Cl)cc(-c4ccc5c(cnn5C)c4)cc2Cl)C3)cc1N1C2CCC1COC2. The van der Waals surface area contributed by atoms with Crippen molar-refractivity contribution in [2.45, 2.75) is 31.5 Å². The first-order valence-corrected chi connectivity index (χ1v) is 16.7. The number of morpholine rings is 1. The van der Waals surface area contributed by atoms with Gasteiger partial charge in [-0.3, -0.25) is 9.48 Å². The smallest absolute Gasteiger partial charge is 0.340 e. The monoisotopic (exact) mass is 700 g/mol. The number of halogens is 3. The quantitative estimate of drug-likeness (QED) is 0.176. The number of para-hydroxylation sites is 1. The summed E-state index contributed by atoms with van der Waals surface area (Å²) in [6.45, 7) is 1.17. The highest BCUT2D eigenvalue weighted by Crippen LogP contribution is 2.43. The van der Waals surface area contributed by atoms with Crippen LogP contribution in [0.5, 0.6) is 5.75 Å². The molecule has 0 N–H and O–H groups in total. The maximum Gasteiger partial charge on any atom is 0.340 e. The topological polar surface area (TPSA) is 86.1 Å². The minimum absolute atomic E-state index is 0.0820.